The molecule has 0 fully saturated rings. The average Bonchev–Trinajstić information content (AvgIpc) is 2.15. The second-order valence-electron chi connectivity index (χ2n) is 2.76. The molecule has 1 aromatic carbocycles. The Morgan fingerprint density at radius 3 is 2.54 bits per heavy atom. The van der Waals surface area contributed by atoms with Gasteiger partial charge in [-0.3, -0.25) is 4.39 Å². The molecule has 0 spiro atoms. The van der Waals surface area contributed by atoms with Crippen molar-refractivity contribution < 1.29 is 14.2 Å². The zero-order valence-corrected chi connectivity index (χ0v) is 7.63. The van der Waals surface area contributed by atoms with E-state index in [2.05, 4.69) is 0 Å². The molecule has 3 heteroatoms. The molecule has 0 atom stereocenters. The van der Waals surface area contributed by atoms with E-state index >= 15 is 0 Å². The quantitative estimate of drug-likeness (QED) is 0.398. The molecule has 0 aliphatic heterocycles. The highest BCUT2D eigenvalue weighted by Crippen LogP contribution is 2.11. The molecule has 13 heavy (non-hydrogen) atoms. The Balaban J connectivity index is 2.25. The van der Waals surface area contributed by atoms with E-state index in [4.69, 9.17) is 9.78 Å². The third kappa shape index (κ3) is 3.90. The van der Waals surface area contributed by atoms with Crippen LogP contribution < -0.4 is 4.89 Å². The van der Waals surface area contributed by atoms with Crippen molar-refractivity contribution in [3.8, 4) is 5.75 Å². The van der Waals surface area contributed by atoms with Gasteiger partial charge in [0.2, 0.25) is 0 Å². The van der Waals surface area contributed by atoms with Crippen molar-refractivity contribution in [2.75, 3.05) is 13.3 Å². The Morgan fingerprint density at radius 1 is 1.23 bits per heavy atom. The van der Waals surface area contributed by atoms with E-state index < -0.39 is 0 Å². The molecule has 0 saturated heterocycles. The van der Waals surface area contributed by atoms with E-state index in [1.807, 2.05) is 31.2 Å². The molecule has 1 aromatic rings. The number of hydrogen-bond acceptors (Lipinski definition) is 2. The van der Waals surface area contributed by atoms with Crippen LogP contribution in [0.4, 0.5) is 4.39 Å². The van der Waals surface area contributed by atoms with Gasteiger partial charge in [0.05, 0.1) is 13.3 Å². The smallest absolute Gasteiger partial charge is 0.165 e. The van der Waals surface area contributed by atoms with Gasteiger partial charge < -0.3 is 4.89 Å². The molecule has 0 radical (unpaired) electrons. The predicted molar refractivity (Wildman–Crippen MR) is 48.4 cm³/mol. The van der Waals surface area contributed by atoms with Gasteiger partial charge >= 0.3 is 0 Å². The van der Waals surface area contributed by atoms with Gasteiger partial charge in [-0.25, -0.2) is 0 Å². The highest BCUT2D eigenvalue weighted by molar-refractivity contribution is 5.25. The molecule has 0 N–H and O–H groups in total. The lowest BCUT2D eigenvalue weighted by molar-refractivity contribution is -0.207. The first kappa shape index (κ1) is 9.99. The number of benzene rings is 1. The van der Waals surface area contributed by atoms with Crippen LogP contribution in [0.5, 0.6) is 5.75 Å². The number of aryl methyl sites for hydroxylation is 1. The lowest BCUT2D eigenvalue weighted by atomic mass is 10.2. The molecule has 1 rings (SSSR count). The molecule has 0 aliphatic carbocycles. The zero-order chi connectivity index (χ0) is 9.52. The summed E-state index contributed by atoms with van der Waals surface area (Å²) in [6, 6.07) is 7.47. The summed E-state index contributed by atoms with van der Waals surface area (Å²) in [5, 5.41) is 0. The van der Waals surface area contributed by atoms with Crippen molar-refractivity contribution in [1.29, 1.82) is 0 Å². The van der Waals surface area contributed by atoms with Gasteiger partial charge in [-0.05, 0) is 19.1 Å². The first-order valence-electron chi connectivity index (χ1n) is 4.25. The minimum Gasteiger partial charge on any atom is -0.338 e. The van der Waals surface area contributed by atoms with E-state index in [9.17, 15) is 4.39 Å². The monoisotopic (exact) mass is 184 g/mol. The summed E-state index contributed by atoms with van der Waals surface area (Å²) in [6.07, 6.45) is 0.367. The summed E-state index contributed by atoms with van der Waals surface area (Å²) < 4.78 is 11.6. The summed E-state index contributed by atoms with van der Waals surface area (Å²) in [6.45, 7) is 1.90. The molecule has 2 nitrogen and oxygen atoms in total. The van der Waals surface area contributed by atoms with Crippen molar-refractivity contribution in [3.63, 3.8) is 0 Å². The van der Waals surface area contributed by atoms with E-state index in [-0.39, 0.29) is 13.3 Å². The fourth-order valence-corrected chi connectivity index (χ4v) is 0.817. The van der Waals surface area contributed by atoms with Gasteiger partial charge in [-0.15, -0.1) is 0 Å². The first-order chi connectivity index (χ1) is 6.33. The number of halogens is 1. The maximum atomic E-state index is 11.6. The van der Waals surface area contributed by atoms with Crippen LogP contribution in [-0.2, 0) is 4.89 Å². The Hall–Kier alpha value is -1.09. The maximum absolute atomic E-state index is 11.6. The lowest BCUT2D eigenvalue weighted by Gasteiger charge is -2.03. The third-order valence-electron chi connectivity index (χ3n) is 1.54. The van der Waals surface area contributed by atoms with Crippen molar-refractivity contribution in [2.24, 2.45) is 0 Å². The molecule has 0 aliphatic rings. The van der Waals surface area contributed by atoms with Gasteiger partial charge in [0.15, 0.2) is 5.75 Å². The molecule has 0 unspecified atom stereocenters. The Kier molecular flexibility index (Phi) is 4.26. The minimum absolute atomic E-state index is 0.282. The fraction of sp³-hybridized carbons (Fsp3) is 0.400. The first-order valence-corrected chi connectivity index (χ1v) is 4.25. The van der Waals surface area contributed by atoms with Gasteiger partial charge in [0, 0.05) is 6.42 Å². The van der Waals surface area contributed by atoms with Crippen molar-refractivity contribution in [3.05, 3.63) is 29.8 Å². The minimum atomic E-state index is -0.378. The highest BCUT2D eigenvalue weighted by Gasteiger charge is 1.93. The van der Waals surface area contributed by atoms with Crippen LogP contribution in [0.25, 0.3) is 0 Å². The van der Waals surface area contributed by atoms with Crippen molar-refractivity contribution in [2.45, 2.75) is 13.3 Å². The largest absolute Gasteiger partial charge is 0.338 e. The van der Waals surface area contributed by atoms with Gasteiger partial charge in [-0.2, -0.15) is 4.89 Å². The Bertz CT molecular complexity index is 233. The van der Waals surface area contributed by atoms with Crippen LogP contribution in [0, 0.1) is 6.92 Å². The second-order valence-corrected chi connectivity index (χ2v) is 2.76. The van der Waals surface area contributed by atoms with Crippen molar-refractivity contribution >= 4 is 0 Å². The van der Waals surface area contributed by atoms with Gasteiger partial charge in [0.25, 0.3) is 0 Å². The Morgan fingerprint density at radius 2 is 1.92 bits per heavy atom. The van der Waals surface area contributed by atoms with Crippen molar-refractivity contribution in [1.82, 2.24) is 0 Å². The van der Waals surface area contributed by atoms with Crippen LogP contribution in [0.3, 0.4) is 0 Å². The van der Waals surface area contributed by atoms with Crippen LogP contribution in [-0.4, -0.2) is 13.3 Å². The van der Waals surface area contributed by atoms with E-state index in [1.165, 1.54) is 0 Å². The SMILES string of the molecule is Cc1ccc(OOCCCF)cc1. The second kappa shape index (κ2) is 5.54. The van der Waals surface area contributed by atoms with Crippen LogP contribution in [0.1, 0.15) is 12.0 Å². The van der Waals surface area contributed by atoms with Gasteiger partial charge in [-0.1, -0.05) is 17.7 Å². The molecule has 0 bridgehead atoms. The molecule has 0 saturated carbocycles. The predicted octanol–water partition coefficient (Wildman–Crippen LogP) is 2.67. The molecule has 72 valence electrons. The molecular weight excluding hydrogens is 171 g/mol. The van der Waals surface area contributed by atoms with E-state index in [0.717, 1.165) is 5.56 Å². The summed E-state index contributed by atoms with van der Waals surface area (Å²) in [5.41, 5.74) is 1.16. The van der Waals surface area contributed by atoms with E-state index in [1.54, 1.807) is 0 Å². The molecule has 0 amide bonds. The zero-order valence-electron chi connectivity index (χ0n) is 7.63. The number of rotatable bonds is 5. The van der Waals surface area contributed by atoms with Crippen LogP contribution >= 0.6 is 0 Å². The van der Waals surface area contributed by atoms with E-state index in [0.29, 0.717) is 12.2 Å². The normalized spacial score (nSPS) is 10.0. The molecule has 0 heterocycles. The summed E-state index contributed by atoms with van der Waals surface area (Å²) >= 11 is 0. The number of hydrogen-bond donors (Lipinski definition) is 0. The maximum Gasteiger partial charge on any atom is 0.165 e. The third-order valence-corrected chi connectivity index (χ3v) is 1.54. The molecular formula is C10H13FO2. The lowest BCUT2D eigenvalue weighted by Crippen LogP contribution is -1.99. The van der Waals surface area contributed by atoms with Crippen LogP contribution in [0.15, 0.2) is 24.3 Å². The topological polar surface area (TPSA) is 18.5 Å². The summed E-state index contributed by atoms with van der Waals surface area (Å²) in [5.74, 6) is 0.643. The molecule has 0 aromatic heterocycles. The standard InChI is InChI=1S/C10H13FO2/c1-9-3-5-10(6-4-9)13-12-8-2-7-11/h3-6H,2,7-8H2,1H3. The summed E-state index contributed by atoms with van der Waals surface area (Å²) in [4.78, 5) is 9.66. The van der Waals surface area contributed by atoms with Crippen LogP contribution in [0.2, 0.25) is 0 Å². The fourth-order valence-electron chi connectivity index (χ4n) is 0.817. The average molecular weight is 184 g/mol. The number of alkyl halides is 1. The Labute approximate surface area is 77.2 Å². The summed E-state index contributed by atoms with van der Waals surface area (Å²) in [7, 11) is 0. The van der Waals surface area contributed by atoms with Gasteiger partial charge in [0.1, 0.15) is 0 Å². The highest BCUT2D eigenvalue weighted by atomic mass is 19.1.